The van der Waals surface area contributed by atoms with E-state index in [0.29, 0.717) is 11.4 Å². The van der Waals surface area contributed by atoms with E-state index in [1.165, 1.54) is 5.56 Å². The Bertz CT molecular complexity index is 714. The van der Waals surface area contributed by atoms with Crippen LogP contribution in [0, 0.1) is 0 Å². The Morgan fingerprint density at radius 2 is 2.00 bits per heavy atom. The number of carboxylic acid groups (broad SMARTS) is 1. The van der Waals surface area contributed by atoms with Crippen LogP contribution >= 0.6 is 11.6 Å². The lowest BCUT2D eigenvalue weighted by Gasteiger charge is -2.32. The summed E-state index contributed by atoms with van der Waals surface area (Å²) >= 11 is 6.19. The quantitative estimate of drug-likeness (QED) is 0.866. The fourth-order valence-corrected chi connectivity index (χ4v) is 3.75. The number of benzene rings is 2. The second-order valence-electron chi connectivity index (χ2n) is 6.29. The monoisotopic (exact) mass is 343 g/mol. The first-order valence-corrected chi connectivity index (χ1v) is 8.80. The van der Waals surface area contributed by atoms with Gasteiger partial charge in [-0.15, -0.1) is 0 Å². The Labute approximate surface area is 147 Å². The molecule has 1 N–H and O–H groups in total. The molecule has 0 bridgehead atoms. The van der Waals surface area contributed by atoms with Gasteiger partial charge in [0.1, 0.15) is 6.04 Å². The Morgan fingerprint density at radius 1 is 1.25 bits per heavy atom. The van der Waals surface area contributed by atoms with E-state index in [1.807, 2.05) is 24.3 Å². The molecule has 1 aliphatic rings. The number of aryl methyl sites for hydroxylation is 1. The number of hydrogen-bond donors (Lipinski definition) is 1. The highest BCUT2D eigenvalue weighted by molar-refractivity contribution is 6.30. The molecule has 0 saturated carbocycles. The number of nitrogens with zero attached hydrogens (tertiary/aromatic N) is 1. The number of aliphatic carboxylic acids is 1. The topological polar surface area (TPSA) is 40.5 Å². The molecule has 126 valence electrons. The first kappa shape index (κ1) is 17.0. The lowest BCUT2D eigenvalue weighted by molar-refractivity contribution is -0.142. The summed E-state index contributed by atoms with van der Waals surface area (Å²) in [4.78, 5) is 13.8. The highest BCUT2D eigenvalue weighted by Crippen LogP contribution is 2.35. The lowest BCUT2D eigenvalue weighted by Crippen LogP contribution is -2.39. The van der Waals surface area contributed by atoms with Gasteiger partial charge in [0.15, 0.2) is 0 Å². The highest BCUT2D eigenvalue weighted by atomic mass is 35.5. The predicted molar refractivity (Wildman–Crippen MR) is 96.5 cm³/mol. The van der Waals surface area contributed by atoms with Gasteiger partial charge in [-0.3, -0.25) is 9.69 Å². The van der Waals surface area contributed by atoms with Crippen LogP contribution in [-0.4, -0.2) is 28.6 Å². The molecular formula is C20H22ClNO2. The van der Waals surface area contributed by atoms with Crippen LogP contribution < -0.4 is 0 Å². The first-order chi connectivity index (χ1) is 11.6. The smallest absolute Gasteiger partial charge is 0.320 e. The zero-order valence-corrected chi connectivity index (χ0v) is 14.5. The minimum atomic E-state index is -0.746. The van der Waals surface area contributed by atoms with Gasteiger partial charge in [-0.1, -0.05) is 54.9 Å². The van der Waals surface area contributed by atoms with Crippen molar-refractivity contribution in [1.29, 1.82) is 0 Å². The second kappa shape index (κ2) is 7.37. The minimum absolute atomic E-state index is 0.0850. The molecule has 1 heterocycles. The summed E-state index contributed by atoms with van der Waals surface area (Å²) in [5.41, 5.74) is 3.43. The maximum absolute atomic E-state index is 11.7. The molecule has 0 aromatic heterocycles. The number of carbonyl (C=O) groups is 1. The third kappa shape index (κ3) is 3.47. The van der Waals surface area contributed by atoms with Gasteiger partial charge in [0.2, 0.25) is 0 Å². The summed E-state index contributed by atoms with van der Waals surface area (Å²) in [6.45, 7) is 2.91. The molecule has 2 unspecified atom stereocenters. The molecular weight excluding hydrogens is 322 g/mol. The molecule has 24 heavy (non-hydrogen) atoms. The SMILES string of the molecule is CCc1ccc(C(c2cccc(Cl)c2)N2CCCC2C(=O)O)cc1. The summed E-state index contributed by atoms with van der Waals surface area (Å²) in [5.74, 6) is -0.746. The fraction of sp³-hybridized carbons (Fsp3) is 0.350. The first-order valence-electron chi connectivity index (χ1n) is 8.43. The van der Waals surface area contributed by atoms with Crippen LogP contribution in [0.25, 0.3) is 0 Å². The van der Waals surface area contributed by atoms with Crippen LogP contribution in [0.15, 0.2) is 48.5 Å². The van der Waals surface area contributed by atoms with Gasteiger partial charge < -0.3 is 5.11 Å². The van der Waals surface area contributed by atoms with Gasteiger partial charge in [0.25, 0.3) is 0 Å². The van der Waals surface area contributed by atoms with E-state index in [4.69, 9.17) is 11.6 Å². The van der Waals surface area contributed by atoms with Crippen molar-refractivity contribution in [2.75, 3.05) is 6.54 Å². The molecule has 3 nitrogen and oxygen atoms in total. The summed E-state index contributed by atoms with van der Waals surface area (Å²) < 4.78 is 0. The van der Waals surface area contributed by atoms with Crippen LogP contribution in [0.3, 0.4) is 0 Å². The van der Waals surface area contributed by atoms with Crippen molar-refractivity contribution in [3.05, 3.63) is 70.2 Å². The molecule has 1 aliphatic heterocycles. The molecule has 4 heteroatoms. The van der Waals surface area contributed by atoms with Crippen molar-refractivity contribution >= 4 is 17.6 Å². The third-order valence-corrected chi connectivity index (χ3v) is 5.01. The van der Waals surface area contributed by atoms with Gasteiger partial charge in [-0.2, -0.15) is 0 Å². The van der Waals surface area contributed by atoms with Crippen molar-refractivity contribution in [3.63, 3.8) is 0 Å². The Balaban J connectivity index is 2.04. The lowest BCUT2D eigenvalue weighted by atomic mass is 9.95. The van der Waals surface area contributed by atoms with Crippen LogP contribution in [0.4, 0.5) is 0 Å². The van der Waals surface area contributed by atoms with Crippen molar-refractivity contribution in [2.45, 2.75) is 38.3 Å². The van der Waals surface area contributed by atoms with Gasteiger partial charge in [0.05, 0.1) is 6.04 Å². The van der Waals surface area contributed by atoms with Crippen LogP contribution in [0.2, 0.25) is 5.02 Å². The van der Waals surface area contributed by atoms with Crippen LogP contribution in [0.5, 0.6) is 0 Å². The predicted octanol–water partition coefficient (Wildman–Crippen LogP) is 4.54. The maximum atomic E-state index is 11.7. The van der Waals surface area contributed by atoms with E-state index in [-0.39, 0.29) is 6.04 Å². The molecule has 1 saturated heterocycles. The molecule has 1 fully saturated rings. The van der Waals surface area contributed by atoms with Crippen molar-refractivity contribution in [3.8, 4) is 0 Å². The van der Waals surface area contributed by atoms with E-state index in [2.05, 4.69) is 36.1 Å². The highest BCUT2D eigenvalue weighted by Gasteiger charge is 2.36. The summed E-state index contributed by atoms with van der Waals surface area (Å²) in [6, 6.07) is 15.7. The molecule has 0 amide bonds. The number of hydrogen-bond acceptors (Lipinski definition) is 2. The van der Waals surface area contributed by atoms with E-state index < -0.39 is 12.0 Å². The van der Waals surface area contributed by atoms with Crippen molar-refractivity contribution in [2.24, 2.45) is 0 Å². The van der Waals surface area contributed by atoms with E-state index in [0.717, 1.165) is 30.5 Å². The number of likely N-dealkylation sites (tertiary alicyclic amines) is 1. The summed E-state index contributed by atoms with van der Waals surface area (Å²) in [5, 5.41) is 10.3. The molecule has 0 radical (unpaired) electrons. The largest absolute Gasteiger partial charge is 0.480 e. The van der Waals surface area contributed by atoms with Gasteiger partial charge >= 0.3 is 5.97 Å². The maximum Gasteiger partial charge on any atom is 0.320 e. The molecule has 0 aliphatic carbocycles. The average Bonchev–Trinajstić information content (AvgIpc) is 3.05. The van der Waals surface area contributed by atoms with Crippen LogP contribution in [-0.2, 0) is 11.2 Å². The standard InChI is InChI=1S/C20H22ClNO2/c1-2-14-8-10-15(11-9-14)19(16-5-3-6-17(21)13-16)22-12-4-7-18(22)20(23)24/h3,5-6,8-11,13,18-19H,2,4,7,12H2,1H3,(H,23,24). The zero-order chi connectivity index (χ0) is 17.1. The molecule has 0 spiro atoms. The van der Waals surface area contributed by atoms with Crippen molar-refractivity contribution < 1.29 is 9.90 Å². The average molecular weight is 344 g/mol. The molecule has 2 atom stereocenters. The third-order valence-electron chi connectivity index (χ3n) is 4.78. The number of carboxylic acids is 1. The molecule has 2 aromatic rings. The normalized spacial score (nSPS) is 19.3. The number of rotatable bonds is 5. The van der Waals surface area contributed by atoms with E-state index >= 15 is 0 Å². The van der Waals surface area contributed by atoms with Gasteiger partial charge in [-0.25, -0.2) is 0 Å². The minimum Gasteiger partial charge on any atom is -0.480 e. The molecule has 3 rings (SSSR count). The second-order valence-corrected chi connectivity index (χ2v) is 6.72. The van der Waals surface area contributed by atoms with Crippen molar-refractivity contribution in [1.82, 2.24) is 4.90 Å². The number of halogens is 1. The Kier molecular flexibility index (Phi) is 5.22. The fourth-order valence-electron chi connectivity index (χ4n) is 3.55. The molecule has 2 aromatic carbocycles. The zero-order valence-electron chi connectivity index (χ0n) is 13.8. The van der Waals surface area contributed by atoms with Crippen LogP contribution in [0.1, 0.15) is 42.5 Å². The van der Waals surface area contributed by atoms with Gasteiger partial charge in [-0.05, 0) is 48.1 Å². The summed E-state index contributed by atoms with van der Waals surface area (Å²) in [6.07, 6.45) is 2.59. The van der Waals surface area contributed by atoms with Gasteiger partial charge in [0, 0.05) is 11.6 Å². The Hall–Kier alpha value is -1.84. The Morgan fingerprint density at radius 3 is 2.62 bits per heavy atom. The summed E-state index contributed by atoms with van der Waals surface area (Å²) in [7, 11) is 0. The van der Waals surface area contributed by atoms with E-state index in [1.54, 1.807) is 0 Å². The van der Waals surface area contributed by atoms with E-state index in [9.17, 15) is 9.90 Å².